The Bertz CT molecular complexity index is 1220. The fourth-order valence-electron chi connectivity index (χ4n) is 3.21. The van der Waals surface area contributed by atoms with Gasteiger partial charge in [0.15, 0.2) is 0 Å². The predicted molar refractivity (Wildman–Crippen MR) is 118 cm³/mol. The molecule has 2 aromatic carbocycles. The van der Waals surface area contributed by atoms with Crippen molar-refractivity contribution < 1.29 is 9.53 Å². The second kappa shape index (κ2) is 8.24. The van der Waals surface area contributed by atoms with Gasteiger partial charge in [-0.2, -0.15) is 0 Å². The number of pyridine rings is 1. The summed E-state index contributed by atoms with van der Waals surface area (Å²) in [5.41, 5.74) is 4.09. The minimum atomic E-state index is -0.181. The number of imidazole rings is 1. The molecule has 0 fully saturated rings. The van der Waals surface area contributed by atoms with Crippen molar-refractivity contribution in [2.45, 2.75) is 20.3 Å². The van der Waals surface area contributed by atoms with Gasteiger partial charge in [-0.1, -0.05) is 19.1 Å². The van der Waals surface area contributed by atoms with Crippen LogP contribution in [0.2, 0.25) is 0 Å². The van der Waals surface area contributed by atoms with E-state index in [0.717, 1.165) is 29.1 Å². The molecule has 0 spiro atoms. The average Bonchev–Trinajstić information content (AvgIpc) is 3.02. The van der Waals surface area contributed by atoms with Crippen LogP contribution in [0.5, 0.6) is 11.5 Å². The number of carbonyl (C=O) groups excluding carboxylic acids is 1. The Morgan fingerprint density at radius 3 is 2.73 bits per heavy atom. The summed E-state index contributed by atoms with van der Waals surface area (Å²) in [6, 6.07) is 17.5. The zero-order valence-corrected chi connectivity index (χ0v) is 17.1. The molecule has 0 unspecified atom stereocenters. The molecule has 2 aromatic heterocycles. The predicted octanol–water partition coefficient (Wildman–Crippen LogP) is 5.03. The average molecular weight is 401 g/mol. The molecule has 0 saturated carbocycles. The van der Waals surface area contributed by atoms with Crippen molar-refractivity contribution in [1.29, 1.82) is 0 Å². The first-order chi connectivity index (χ1) is 14.5. The summed E-state index contributed by atoms with van der Waals surface area (Å²) in [6.45, 7) is 3.58. The standard InChI is InChI=1S/C23H23N5O2/c1-4-16-6-5-7-17(12-16)26-23-27-20-13-18(8-9-21(20)28(23)3)30-19-10-11-24-22(14-19)25-15(2)29/h5-14H,4H2,1-3H3,(H,26,27)(H,24,25,29). The van der Waals surface area contributed by atoms with Crippen LogP contribution in [0.15, 0.2) is 60.8 Å². The van der Waals surface area contributed by atoms with E-state index in [2.05, 4.69) is 34.7 Å². The minimum Gasteiger partial charge on any atom is -0.457 e. The summed E-state index contributed by atoms with van der Waals surface area (Å²) < 4.78 is 7.96. The highest BCUT2D eigenvalue weighted by Gasteiger charge is 2.10. The number of carbonyl (C=O) groups is 1. The molecule has 30 heavy (non-hydrogen) atoms. The Morgan fingerprint density at radius 2 is 1.93 bits per heavy atom. The highest BCUT2D eigenvalue weighted by molar-refractivity contribution is 5.87. The summed E-state index contributed by atoms with van der Waals surface area (Å²) in [5, 5.41) is 6.04. The van der Waals surface area contributed by atoms with Crippen LogP contribution in [0, 0.1) is 0 Å². The lowest BCUT2D eigenvalue weighted by molar-refractivity contribution is -0.114. The van der Waals surface area contributed by atoms with E-state index in [4.69, 9.17) is 9.72 Å². The first-order valence-corrected chi connectivity index (χ1v) is 9.76. The monoisotopic (exact) mass is 401 g/mol. The smallest absolute Gasteiger partial charge is 0.222 e. The molecule has 0 saturated heterocycles. The van der Waals surface area contributed by atoms with Gasteiger partial charge in [0.2, 0.25) is 11.9 Å². The van der Waals surface area contributed by atoms with E-state index in [1.807, 2.05) is 41.9 Å². The SMILES string of the molecule is CCc1cccc(Nc2nc3cc(Oc4ccnc(NC(C)=O)c4)ccc3n2C)c1. The molecule has 152 valence electrons. The maximum Gasteiger partial charge on any atom is 0.222 e. The van der Waals surface area contributed by atoms with Gasteiger partial charge >= 0.3 is 0 Å². The van der Waals surface area contributed by atoms with Crippen molar-refractivity contribution in [2.75, 3.05) is 10.6 Å². The zero-order chi connectivity index (χ0) is 21.1. The number of hydrogen-bond donors (Lipinski definition) is 2. The van der Waals surface area contributed by atoms with Gasteiger partial charge in [0.25, 0.3) is 0 Å². The number of nitrogens with one attached hydrogen (secondary N) is 2. The van der Waals surface area contributed by atoms with Crippen LogP contribution < -0.4 is 15.4 Å². The molecule has 2 N–H and O–H groups in total. The van der Waals surface area contributed by atoms with Gasteiger partial charge in [-0.05, 0) is 42.3 Å². The molecule has 7 nitrogen and oxygen atoms in total. The maximum absolute atomic E-state index is 11.2. The van der Waals surface area contributed by atoms with Crippen LogP contribution in [-0.4, -0.2) is 20.4 Å². The third-order valence-corrected chi connectivity index (χ3v) is 4.71. The molecule has 0 radical (unpaired) electrons. The van der Waals surface area contributed by atoms with E-state index in [1.165, 1.54) is 12.5 Å². The van der Waals surface area contributed by atoms with E-state index >= 15 is 0 Å². The Morgan fingerprint density at radius 1 is 1.10 bits per heavy atom. The lowest BCUT2D eigenvalue weighted by Gasteiger charge is -2.08. The summed E-state index contributed by atoms with van der Waals surface area (Å²) in [7, 11) is 1.98. The molecule has 0 bridgehead atoms. The minimum absolute atomic E-state index is 0.181. The second-order valence-corrected chi connectivity index (χ2v) is 6.98. The van der Waals surface area contributed by atoms with Gasteiger partial charge < -0.3 is 19.9 Å². The van der Waals surface area contributed by atoms with Crippen molar-refractivity contribution in [3.05, 3.63) is 66.4 Å². The highest BCUT2D eigenvalue weighted by Crippen LogP contribution is 2.28. The van der Waals surface area contributed by atoms with Gasteiger partial charge in [0.05, 0.1) is 11.0 Å². The Labute approximate surface area is 174 Å². The van der Waals surface area contributed by atoms with Crippen molar-refractivity contribution in [3.8, 4) is 11.5 Å². The van der Waals surface area contributed by atoms with Gasteiger partial charge in [0, 0.05) is 38.0 Å². The van der Waals surface area contributed by atoms with Crippen LogP contribution in [0.3, 0.4) is 0 Å². The highest BCUT2D eigenvalue weighted by atomic mass is 16.5. The van der Waals surface area contributed by atoms with Crippen molar-refractivity contribution in [3.63, 3.8) is 0 Å². The summed E-state index contributed by atoms with van der Waals surface area (Å²) in [5.74, 6) is 2.25. The molecule has 0 atom stereocenters. The quantitative estimate of drug-likeness (QED) is 0.474. The van der Waals surface area contributed by atoms with E-state index in [9.17, 15) is 4.79 Å². The van der Waals surface area contributed by atoms with Crippen molar-refractivity contribution >= 4 is 34.4 Å². The zero-order valence-electron chi connectivity index (χ0n) is 17.1. The number of benzene rings is 2. The van der Waals surface area contributed by atoms with Gasteiger partial charge in [-0.25, -0.2) is 9.97 Å². The number of rotatable bonds is 6. The molecular formula is C23H23N5O2. The number of amides is 1. The molecule has 2 heterocycles. The third kappa shape index (κ3) is 4.25. The number of hydrogen-bond acceptors (Lipinski definition) is 5. The van der Waals surface area contributed by atoms with Crippen LogP contribution in [0.25, 0.3) is 11.0 Å². The van der Waals surface area contributed by atoms with Crippen molar-refractivity contribution in [1.82, 2.24) is 14.5 Å². The first-order valence-electron chi connectivity index (χ1n) is 9.76. The van der Waals surface area contributed by atoms with Crippen LogP contribution in [0.1, 0.15) is 19.4 Å². The van der Waals surface area contributed by atoms with Crippen molar-refractivity contribution in [2.24, 2.45) is 7.05 Å². The summed E-state index contributed by atoms with van der Waals surface area (Å²) in [6.07, 6.45) is 2.57. The molecule has 7 heteroatoms. The Balaban J connectivity index is 1.58. The Hall–Kier alpha value is -3.87. The maximum atomic E-state index is 11.2. The molecule has 0 aliphatic rings. The topological polar surface area (TPSA) is 81.1 Å². The molecule has 1 amide bonds. The van der Waals surface area contributed by atoms with Crippen LogP contribution >= 0.6 is 0 Å². The third-order valence-electron chi connectivity index (χ3n) is 4.71. The number of anilines is 3. The number of aryl methyl sites for hydroxylation is 2. The molecule has 0 aliphatic carbocycles. The van der Waals surface area contributed by atoms with Crippen LogP contribution in [-0.2, 0) is 18.3 Å². The van der Waals surface area contributed by atoms with E-state index < -0.39 is 0 Å². The summed E-state index contributed by atoms with van der Waals surface area (Å²) in [4.78, 5) is 20.0. The number of ether oxygens (including phenoxy) is 1. The van der Waals surface area contributed by atoms with Gasteiger partial charge in [0.1, 0.15) is 17.3 Å². The Kier molecular flexibility index (Phi) is 5.34. The fraction of sp³-hybridized carbons (Fsp3) is 0.174. The largest absolute Gasteiger partial charge is 0.457 e. The lowest BCUT2D eigenvalue weighted by atomic mass is 10.1. The number of nitrogens with zero attached hydrogens (tertiary/aromatic N) is 3. The second-order valence-electron chi connectivity index (χ2n) is 6.98. The van der Waals surface area contributed by atoms with Crippen LogP contribution in [0.4, 0.5) is 17.5 Å². The molecule has 4 aromatic rings. The molecule has 0 aliphatic heterocycles. The number of aromatic nitrogens is 3. The fourth-order valence-corrected chi connectivity index (χ4v) is 3.21. The molecule has 4 rings (SSSR count). The lowest BCUT2D eigenvalue weighted by Crippen LogP contribution is -2.07. The summed E-state index contributed by atoms with van der Waals surface area (Å²) >= 11 is 0. The molecular weight excluding hydrogens is 378 g/mol. The normalized spacial score (nSPS) is 10.8. The first kappa shape index (κ1) is 19.4. The van der Waals surface area contributed by atoms with Gasteiger partial charge in [-0.3, -0.25) is 4.79 Å². The van der Waals surface area contributed by atoms with E-state index in [0.29, 0.717) is 17.3 Å². The van der Waals surface area contributed by atoms with E-state index in [1.54, 1.807) is 18.3 Å². The van der Waals surface area contributed by atoms with E-state index in [-0.39, 0.29) is 5.91 Å². The van der Waals surface area contributed by atoms with Gasteiger partial charge in [-0.15, -0.1) is 0 Å². The number of fused-ring (bicyclic) bond motifs is 1.